The van der Waals surface area contributed by atoms with Crippen molar-refractivity contribution in [2.45, 2.75) is 39.7 Å². The molecule has 0 bridgehead atoms. The van der Waals surface area contributed by atoms with Gasteiger partial charge in [-0.15, -0.1) is 0 Å². The summed E-state index contributed by atoms with van der Waals surface area (Å²) < 4.78 is 22.4. The van der Waals surface area contributed by atoms with E-state index in [1.165, 1.54) is 0 Å². The number of hydrogen-bond acceptors (Lipinski definition) is 3. The van der Waals surface area contributed by atoms with Crippen molar-refractivity contribution in [2.24, 2.45) is 5.92 Å². The first-order valence-electron chi connectivity index (χ1n) is 5.30. The molecule has 1 N–H and O–H groups in total. The van der Waals surface area contributed by atoms with E-state index in [4.69, 9.17) is 0 Å². The van der Waals surface area contributed by atoms with Gasteiger partial charge in [-0.2, -0.15) is 0 Å². The van der Waals surface area contributed by atoms with Crippen molar-refractivity contribution in [3.05, 3.63) is 0 Å². The molecule has 2 unspecified atom stereocenters. The molecule has 0 aromatic carbocycles. The van der Waals surface area contributed by atoms with Crippen LogP contribution in [0.4, 0.5) is 0 Å². The van der Waals surface area contributed by atoms with Crippen molar-refractivity contribution in [1.82, 2.24) is 5.32 Å². The Morgan fingerprint density at radius 1 is 1.29 bits per heavy atom. The monoisotopic (exact) mass is 221 g/mol. The van der Waals surface area contributed by atoms with Gasteiger partial charge in [-0.25, -0.2) is 8.42 Å². The van der Waals surface area contributed by atoms with Crippen molar-refractivity contribution >= 4 is 9.84 Å². The van der Waals surface area contributed by atoms with E-state index < -0.39 is 9.84 Å². The summed E-state index contributed by atoms with van der Waals surface area (Å²) in [7, 11) is -0.834. The second-order valence-electron chi connectivity index (χ2n) is 3.93. The molecule has 0 aromatic rings. The van der Waals surface area contributed by atoms with Crippen molar-refractivity contribution in [1.29, 1.82) is 0 Å². The lowest BCUT2D eigenvalue weighted by Gasteiger charge is -2.18. The van der Waals surface area contributed by atoms with Gasteiger partial charge in [0, 0.05) is 11.8 Å². The summed E-state index contributed by atoms with van der Waals surface area (Å²) in [6.45, 7) is 5.98. The second-order valence-corrected chi connectivity index (χ2v) is 6.41. The van der Waals surface area contributed by atoms with Gasteiger partial charge in [-0.05, 0) is 32.7 Å². The van der Waals surface area contributed by atoms with E-state index in [-0.39, 0.29) is 5.75 Å². The van der Waals surface area contributed by atoms with Crippen LogP contribution in [0, 0.1) is 5.92 Å². The van der Waals surface area contributed by atoms with Gasteiger partial charge in [0.25, 0.3) is 0 Å². The van der Waals surface area contributed by atoms with E-state index >= 15 is 0 Å². The molecule has 0 saturated carbocycles. The first kappa shape index (κ1) is 13.9. The van der Waals surface area contributed by atoms with Crippen molar-refractivity contribution < 1.29 is 8.42 Å². The topological polar surface area (TPSA) is 46.2 Å². The molecule has 0 heterocycles. The van der Waals surface area contributed by atoms with Gasteiger partial charge in [0.05, 0.1) is 5.75 Å². The minimum Gasteiger partial charge on any atom is -0.317 e. The number of hydrogen-bond donors (Lipinski definition) is 1. The van der Waals surface area contributed by atoms with Crippen LogP contribution in [0.15, 0.2) is 0 Å². The van der Waals surface area contributed by atoms with Crippen LogP contribution in [0.3, 0.4) is 0 Å². The minimum absolute atomic E-state index is 0.267. The molecule has 0 aromatic heterocycles. The van der Waals surface area contributed by atoms with Crippen LogP contribution in [0.25, 0.3) is 0 Å². The standard InChI is InChI=1S/C10H23NO2S/c1-5-14(12,13)8-6-7-9(2)10(3)11-4/h9-11H,5-8H2,1-4H3. The minimum atomic E-state index is -2.77. The van der Waals surface area contributed by atoms with Crippen LogP contribution in [0.2, 0.25) is 0 Å². The third kappa shape index (κ3) is 5.60. The normalized spacial score (nSPS) is 16.6. The summed E-state index contributed by atoms with van der Waals surface area (Å²) in [5, 5.41) is 3.18. The number of nitrogens with one attached hydrogen (secondary N) is 1. The molecule has 0 saturated heterocycles. The highest BCUT2D eigenvalue weighted by Gasteiger charge is 2.12. The zero-order valence-corrected chi connectivity index (χ0v) is 10.5. The molecule has 14 heavy (non-hydrogen) atoms. The fourth-order valence-corrected chi connectivity index (χ4v) is 2.20. The van der Waals surface area contributed by atoms with Crippen LogP contribution in [-0.4, -0.2) is 33.0 Å². The molecule has 0 aliphatic heterocycles. The molecule has 0 aliphatic rings. The summed E-state index contributed by atoms with van der Waals surface area (Å²) >= 11 is 0. The molecule has 0 aliphatic carbocycles. The van der Waals surface area contributed by atoms with Gasteiger partial charge in [0.1, 0.15) is 9.84 Å². The summed E-state index contributed by atoms with van der Waals surface area (Å²) in [6.07, 6.45) is 1.75. The summed E-state index contributed by atoms with van der Waals surface area (Å²) in [6, 6.07) is 0.458. The quantitative estimate of drug-likeness (QED) is 0.707. The smallest absolute Gasteiger partial charge is 0.150 e. The van der Waals surface area contributed by atoms with Gasteiger partial charge in [-0.1, -0.05) is 13.8 Å². The van der Waals surface area contributed by atoms with Crippen LogP contribution < -0.4 is 5.32 Å². The molecule has 0 fully saturated rings. The predicted molar refractivity (Wildman–Crippen MR) is 61.2 cm³/mol. The largest absolute Gasteiger partial charge is 0.317 e. The molecular formula is C10H23NO2S. The Bertz CT molecular complexity index is 237. The van der Waals surface area contributed by atoms with Crippen LogP contribution in [0.5, 0.6) is 0 Å². The van der Waals surface area contributed by atoms with E-state index in [0.29, 0.717) is 17.7 Å². The summed E-state index contributed by atoms with van der Waals surface area (Å²) in [4.78, 5) is 0. The highest BCUT2D eigenvalue weighted by Crippen LogP contribution is 2.11. The van der Waals surface area contributed by atoms with Gasteiger partial charge in [-0.3, -0.25) is 0 Å². The van der Waals surface area contributed by atoms with Gasteiger partial charge in [0.2, 0.25) is 0 Å². The average Bonchev–Trinajstić information content (AvgIpc) is 2.16. The Kier molecular flexibility index (Phi) is 6.36. The Morgan fingerprint density at radius 2 is 1.86 bits per heavy atom. The van der Waals surface area contributed by atoms with Gasteiger partial charge in [0.15, 0.2) is 0 Å². The average molecular weight is 221 g/mol. The maximum absolute atomic E-state index is 11.2. The molecule has 2 atom stereocenters. The molecule has 4 heteroatoms. The lowest BCUT2D eigenvalue weighted by Crippen LogP contribution is -2.28. The Hall–Kier alpha value is -0.0900. The number of rotatable bonds is 7. The molecule has 86 valence electrons. The van der Waals surface area contributed by atoms with Gasteiger partial charge < -0.3 is 5.32 Å². The summed E-state index contributed by atoms with van der Waals surface area (Å²) in [5.74, 6) is 1.14. The van der Waals surface area contributed by atoms with E-state index in [0.717, 1.165) is 12.8 Å². The van der Waals surface area contributed by atoms with E-state index in [2.05, 4.69) is 19.2 Å². The predicted octanol–water partition coefficient (Wildman–Crippen LogP) is 1.45. The third-order valence-electron chi connectivity index (χ3n) is 2.86. The Labute approximate surface area is 88.2 Å². The maximum atomic E-state index is 11.2. The number of sulfone groups is 1. The SMILES string of the molecule is CCS(=O)(=O)CCCC(C)C(C)NC. The van der Waals surface area contributed by atoms with Crippen LogP contribution in [0.1, 0.15) is 33.6 Å². The lowest BCUT2D eigenvalue weighted by molar-refractivity contribution is 0.397. The van der Waals surface area contributed by atoms with E-state index in [9.17, 15) is 8.42 Å². The van der Waals surface area contributed by atoms with Crippen molar-refractivity contribution in [3.63, 3.8) is 0 Å². The van der Waals surface area contributed by atoms with E-state index in [1.807, 2.05) is 7.05 Å². The zero-order valence-electron chi connectivity index (χ0n) is 9.71. The Morgan fingerprint density at radius 3 is 2.29 bits per heavy atom. The Balaban J connectivity index is 3.75. The summed E-state index contributed by atoms with van der Waals surface area (Å²) in [5.41, 5.74) is 0. The highest BCUT2D eigenvalue weighted by atomic mass is 32.2. The van der Waals surface area contributed by atoms with Crippen LogP contribution >= 0.6 is 0 Å². The molecular weight excluding hydrogens is 198 g/mol. The van der Waals surface area contributed by atoms with Crippen molar-refractivity contribution in [2.75, 3.05) is 18.6 Å². The first-order valence-corrected chi connectivity index (χ1v) is 7.12. The van der Waals surface area contributed by atoms with Crippen molar-refractivity contribution in [3.8, 4) is 0 Å². The lowest BCUT2D eigenvalue weighted by atomic mass is 9.99. The van der Waals surface area contributed by atoms with Gasteiger partial charge >= 0.3 is 0 Å². The molecule has 3 nitrogen and oxygen atoms in total. The zero-order chi connectivity index (χ0) is 11.2. The molecule has 0 amide bonds. The third-order valence-corrected chi connectivity index (χ3v) is 4.65. The van der Waals surface area contributed by atoms with Crippen LogP contribution in [-0.2, 0) is 9.84 Å². The molecule has 0 spiro atoms. The fourth-order valence-electron chi connectivity index (χ4n) is 1.30. The molecule has 0 rings (SSSR count). The first-order chi connectivity index (χ1) is 6.43. The second kappa shape index (κ2) is 6.40. The molecule has 0 radical (unpaired) electrons. The van der Waals surface area contributed by atoms with E-state index in [1.54, 1.807) is 6.92 Å². The maximum Gasteiger partial charge on any atom is 0.150 e. The highest BCUT2D eigenvalue weighted by molar-refractivity contribution is 7.91. The fraction of sp³-hybridized carbons (Fsp3) is 1.00.